The van der Waals surface area contributed by atoms with Gasteiger partial charge in [-0.2, -0.15) is 39.5 Å². The van der Waals surface area contributed by atoms with Gasteiger partial charge in [0.2, 0.25) is 5.60 Å². The fraction of sp³-hybridized carbons (Fsp3) is 0.385. The summed E-state index contributed by atoms with van der Waals surface area (Å²) in [5, 5.41) is 11.7. The molecule has 1 unspecified atom stereocenters. The Labute approximate surface area is 226 Å². The average Bonchev–Trinajstić information content (AvgIpc) is 2.89. The number of anilines is 1. The van der Waals surface area contributed by atoms with E-state index in [4.69, 9.17) is 4.74 Å². The number of carbonyl (C=O) groups is 2. The van der Waals surface area contributed by atoms with Crippen LogP contribution in [0.2, 0.25) is 0 Å². The SMILES string of the molecule is CCOC(=O)N1c2ccc(C(F)(F)F)cc2C(C(O)(C(=O)OC)c2cc(C(F)(F)F)cc(C(F)(F)F)c2)=C[C@H]1CC. The molecule has 1 N–H and O–H groups in total. The molecule has 0 saturated carbocycles. The van der Waals surface area contributed by atoms with Crippen LogP contribution in [0.15, 0.2) is 42.5 Å². The number of esters is 1. The van der Waals surface area contributed by atoms with E-state index in [0.29, 0.717) is 19.2 Å². The summed E-state index contributed by atoms with van der Waals surface area (Å²) < 4.78 is 132. The van der Waals surface area contributed by atoms with Crippen LogP contribution in [0.1, 0.15) is 48.1 Å². The fourth-order valence-electron chi connectivity index (χ4n) is 4.41. The number of amides is 1. The van der Waals surface area contributed by atoms with Crippen molar-refractivity contribution in [2.24, 2.45) is 0 Å². The molecule has 1 heterocycles. The Kier molecular flexibility index (Phi) is 8.46. The Hall–Kier alpha value is -3.75. The largest absolute Gasteiger partial charge is 0.466 e. The number of aliphatic hydroxyl groups is 1. The topological polar surface area (TPSA) is 76.1 Å². The first kappa shape index (κ1) is 31.8. The molecule has 0 aliphatic carbocycles. The van der Waals surface area contributed by atoms with Crippen molar-refractivity contribution in [2.75, 3.05) is 18.6 Å². The molecule has 0 spiro atoms. The number of carbonyl (C=O) groups excluding carboxylic acids is 2. The Morgan fingerprint density at radius 2 is 1.34 bits per heavy atom. The lowest BCUT2D eigenvalue weighted by Crippen LogP contribution is -2.46. The lowest BCUT2D eigenvalue weighted by atomic mass is 9.77. The third kappa shape index (κ3) is 5.99. The summed E-state index contributed by atoms with van der Waals surface area (Å²) >= 11 is 0. The number of halogens is 9. The molecule has 0 saturated heterocycles. The van der Waals surface area contributed by atoms with Crippen LogP contribution in [0.4, 0.5) is 50.0 Å². The minimum absolute atomic E-state index is 0.0313. The third-order valence-corrected chi connectivity index (χ3v) is 6.32. The van der Waals surface area contributed by atoms with Crippen molar-refractivity contribution >= 4 is 23.3 Å². The number of rotatable bonds is 5. The second-order valence-electron chi connectivity index (χ2n) is 8.85. The van der Waals surface area contributed by atoms with Gasteiger partial charge in [0, 0.05) is 16.7 Å². The molecule has 1 aliphatic heterocycles. The van der Waals surface area contributed by atoms with Crippen LogP contribution in [-0.2, 0) is 38.4 Å². The van der Waals surface area contributed by atoms with Crippen LogP contribution in [0.5, 0.6) is 0 Å². The molecule has 15 heteroatoms. The van der Waals surface area contributed by atoms with Crippen molar-refractivity contribution in [1.29, 1.82) is 0 Å². The van der Waals surface area contributed by atoms with Crippen LogP contribution in [0.3, 0.4) is 0 Å². The number of fused-ring (bicyclic) bond motifs is 1. The van der Waals surface area contributed by atoms with Gasteiger partial charge in [0.05, 0.1) is 42.1 Å². The highest BCUT2D eigenvalue weighted by molar-refractivity contribution is 6.04. The number of alkyl halides is 9. The van der Waals surface area contributed by atoms with E-state index in [0.717, 1.165) is 17.0 Å². The van der Waals surface area contributed by atoms with Crippen molar-refractivity contribution in [1.82, 2.24) is 0 Å². The van der Waals surface area contributed by atoms with E-state index >= 15 is 0 Å². The molecule has 1 aliphatic rings. The highest BCUT2D eigenvalue weighted by Gasteiger charge is 2.50. The molecule has 41 heavy (non-hydrogen) atoms. The molecule has 0 radical (unpaired) electrons. The van der Waals surface area contributed by atoms with E-state index in [1.807, 2.05) is 0 Å². The van der Waals surface area contributed by atoms with Crippen molar-refractivity contribution in [2.45, 2.75) is 50.4 Å². The van der Waals surface area contributed by atoms with Crippen molar-refractivity contribution in [3.05, 3.63) is 70.3 Å². The van der Waals surface area contributed by atoms with E-state index in [1.54, 1.807) is 0 Å². The van der Waals surface area contributed by atoms with Crippen LogP contribution < -0.4 is 4.90 Å². The average molecular weight is 599 g/mol. The standard InChI is InChI=1S/C26H22F9NO5/c1-4-17-12-19(18-11-13(24(27,28)29)6-7-20(18)36(17)22(38)41-5-2)23(39,21(37)40-3)14-8-15(25(30,31)32)10-16(9-14)26(33,34)35/h6-12,17,39H,4-5H2,1-3H3/t17-,23?/m1/s1. The second kappa shape index (κ2) is 10.9. The Morgan fingerprint density at radius 3 is 1.78 bits per heavy atom. The molecule has 2 aromatic rings. The third-order valence-electron chi connectivity index (χ3n) is 6.32. The van der Waals surface area contributed by atoms with Crippen LogP contribution in [0, 0.1) is 0 Å². The predicted molar refractivity (Wildman–Crippen MR) is 125 cm³/mol. The number of nitrogens with zero attached hydrogens (tertiary/aromatic N) is 1. The van der Waals surface area contributed by atoms with Gasteiger partial charge in [-0.05, 0) is 49.7 Å². The van der Waals surface area contributed by atoms with Crippen LogP contribution in [0.25, 0.3) is 5.57 Å². The van der Waals surface area contributed by atoms with Gasteiger partial charge in [0.25, 0.3) is 0 Å². The normalized spacial score (nSPS) is 17.3. The highest BCUT2D eigenvalue weighted by atomic mass is 19.4. The summed E-state index contributed by atoms with van der Waals surface area (Å²) in [7, 11) is 0.671. The molecule has 3 rings (SSSR count). The second-order valence-corrected chi connectivity index (χ2v) is 8.85. The van der Waals surface area contributed by atoms with E-state index < -0.39 is 75.6 Å². The predicted octanol–water partition coefficient (Wildman–Crippen LogP) is 6.94. The molecular formula is C26H22F9NO5. The zero-order chi connectivity index (χ0) is 31.1. The van der Waals surface area contributed by atoms with Gasteiger partial charge in [-0.3, -0.25) is 4.90 Å². The zero-order valence-electron chi connectivity index (χ0n) is 21.5. The number of ether oxygens (including phenoxy) is 2. The summed E-state index contributed by atoms with van der Waals surface area (Å²) in [6.45, 7) is 2.78. The first-order valence-electron chi connectivity index (χ1n) is 11.8. The van der Waals surface area contributed by atoms with Gasteiger partial charge in [-0.15, -0.1) is 0 Å². The quantitative estimate of drug-likeness (QED) is 0.298. The van der Waals surface area contributed by atoms with Crippen LogP contribution in [-0.4, -0.2) is 36.9 Å². The fourth-order valence-corrected chi connectivity index (χ4v) is 4.41. The van der Waals surface area contributed by atoms with Crippen molar-refractivity contribution in [3.63, 3.8) is 0 Å². The first-order chi connectivity index (χ1) is 18.8. The maximum atomic E-state index is 13.7. The van der Waals surface area contributed by atoms with Gasteiger partial charge < -0.3 is 14.6 Å². The molecule has 0 bridgehead atoms. The summed E-state index contributed by atoms with van der Waals surface area (Å²) in [6.07, 6.45) is -16.0. The number of hydrogen-bond donors (Lipinski definition) is 1. The minimum Gasteiger partial charge on any atom is -0.466 e. The molecule has 6 nitrogen and oxygen atoms in total. The molecule has 2 atom stereocenters. The van der Waals surface area contributed by atoms with Crippen molar-refractivity contribution in [3.8, 4) is 0 Å². The molecule has 1 amide bonds. The zero-order valence-corrected chi connectivity index (χ0v) is 21.5. The lowest BCUT2D eigenvalue weighted by Gasteiger charge is -2.39. The summed E-state index contributed by atoms with van der Waals surface area (Å²) in [5.41, 5.74) is -11.8. The van der Waals surface area contributed by atoms with Crippen molar-refractivity contribution < 1.29 is 63.7 Å². The molecule has 2 aromatic carbocycles. The highest BCUT2D eigenvalue weighted by Crippen LogP contribution is 2.49. The molecular weight excluding hydrogens is 577 g/mol. The maximum Gasteiger partial charge on any atom is 0.416 e. The summed E-state index contributed by atoms with van der Waals surface area (Å²) in [6, 6.07) is 0.518. The number of methoxy groups -OCH3 is 1. The smallest absolute Gasteiger partial charge is 0.416 e. The van der Waals surface area contributed by atoms with Gasteiger partial charge in [0.15, 0.2) is 0 Å². The molecule has 224 valence electrons. The van der Waals surface area contributed by atoms with Gasteiger partial charge in [-0.1, -0.05) is 13.0 Å². The Morgan fingerprint density at radius 1 is 0.829 bits per heavy atom. The van der Waals surface area contributed by atoms with Crippen LogP contribution >= 0.6 is 0 Å². The maximum absolute atomic E-state index is 13.7. The molecule has 0 fully saturated rings. The Bertz CT molecular complexity index is 1330. The Balaban J connectivity index is 2.48. The summed E-state index contributed by atoms with van der Waals surface area (Å²) in [4.78, 5) is 26.7. The molecule has 0 aromatic heterocycles. The number of benzene rings is 2. The van der Waals surface area contributed by atoms with E-state index in [9.17, 15) is 54.2 Å². The van der Waals surface area contributed by atoms with E-state index in [1.165, 1.54) is 13.8 Å². The van der Waals surface area contributed by atoms with Gasteiger partial charge >= 0.3 is 30.6 Å². The van der Waals surface area contributed by atoms with Gasteiger partial charge in [-0.25, -0.2) is 9.59 Å². The lowest BCUT2D eigenvalue weighted by molar-refractivity contribution is -0.158. The number of hydrogen-bond acceptors (Lipinski definition) is 5. The van der Waals surface area contributed by atoms with E-state index in [2.05, 4.69) is 4.74 Å². The first-order valence-corrected chi connectivity index (χ1v) is 11.8. The minimum atomic E-state index is -5.39. The van der Waals surface area contributed by atoms with E-state index in [-0.39, 0.29) is 36.9 Å². The van der Waals surface area contributed by atoms with Gasteiger partial charge in [0.1, 0.15) is 0 Å². The monoisotopic (exact) mass is 599 g/mol. The summed E-state index contributed by atoms with van der Waals surface area (Å²) in [5.74, 6) is -1.79.